The van der Waals surface area contributed by atoms with Gasteiger partial charge in [0.2, 0.25) is 0 Å². The maximum atomic E-state index is 5.29. The van der Waals surface area contributed by atoms with E-state index in [9.17, 15) is 0 Å². The molecule has 118 valence electrons. The van der Waals surface area contributed by atoms with Gasteiger partial charge in [-0.05, 0) is 18.6 Å². The van der Waals surface area contributed by atoms with E-state index >= 15 is 0 Å². The van der Waals surface area contributed by atoms with Crippen LogP contribution >= 0.6 is 0 Å². The number of benzene rings is 1. The molecule has 6 nitrogen and oxygen atoms in total. The molecule has 3 rings (SSSR count). The third kappa shape index (κ3) is 3.15. The highest BCUT2D eigenvalue weighted by molar-refractivity contribution is 5.74. The summed E-state index contributed by atoms with van der Waals surface area (Å²) in [5.74, 6) is 2.10. The zero-order valence-corrected chi connectivity index (χ0v) is 13.3. The van der Waals surface area contributed by atoms with Crippen LogP contribution in [0.3, 0.4) is 0 Å². The van der Waals surface area contributed by atoms with Crippen molar-refractivity contribution in [3.8, 4) is 11.5 Å². The Labute approximate surface area is 134 Å². The molecule has 0 atom stereocenters. The van der Waals surface area contributed by atoms with Crippen molar-refractivity contribution in [2.45, 2.75) is 13.3 Å². The standard InChI is InChI=1S/C17H18N4O2/c1-4-14-17(21-16-15(20-14)6-5-7-18-16)19-11-8-12(22-2)10-13(9-11)23-3/h5-10H,4H2,1-3H3,(H,18,19,21). The Morgan fingerprint density at radius 1 is 1.04 bits per heavy atom. The number of aryl methyl sites for hydroxylation is 1. The van der Waals surface area contributed by atoms with E-state index in [4.69, 9.17) is 9.47 Å². The maximum Gasteiger partial charge on any atom is 0.180 e. The van der Waals surface area contributed by atoms with E-state index in [-0.39, 0.29) is 0 Å². The fourth-order valence-electron chi connectivity index (χ4n) is 2.29. The summed E-state index contributed by atoms with van der Waals surface area (Å²) in [6.45, 7) is 2.05. The van der Waals surface area contributed by atoms with Gasteiger partial charge >= 0.3 is 0 Å². The average molecular weight is 310 g/mol. The third-order valence-electron chi connectivity index (χ3n) is 3.46. The van der Waals surface area contributed by atoms with Gasteiger partial charge in [-0.15, -0.1) is 0 Å². The number of anilines is 2. The molecule has 0 aliphatic heterocycles. The van der Waals surface area contributed by atoms with Crippen molar-refractivity contribution in [2.75, 3.05) is 19.5 Å². The van der Waals surface area contributed by atoms with E-state index in [1.807, 2.05) is 37.3 Å². The van der Waals surface area contributed by atoms with Crippen LogP contribution in [0.5, 0.6) is 11.5 Å². The number of aromatic nitrogens is 3. The van der Waals surface area contributed by atoms with Gasteiger partial charge in [0.05, 0.1) is 19.9 Å². The Bertz CT molecular complexity index is 814. The molecule has 0 saturated heterocycles. The van der Waals surface area contributed by atoms with Crippen molar-refractivity contribution in [3.63, 3.8) is 0 Å². The zero-order chi connectivity index (χ0) is 16.2. The number of nitrogens with one attached hydrogen (secondary N) is 1. The second-order valence-electron chi connectivity index (χ2n) is 4.94. The van der Waals surface area contributed by atoms with Crippen molar-refractivity contribution in [3.05, 3.63) is 42.2 Å². The molecule has 23 heavy (non-hydrogen) atoms. The predicted molar refractivity (Wildman–Crippen MR) is 89.5 cm³/mol. The van der Waals surface area contributed by atoms with Gasteiger partial charge in [-0.25, -0.2) is 15.0 Å². The van der Waals surface area contributed by atoms with Crippen LogP contribution in [0, 0.1) is 0 Å². The summed E-state index contributed by atoms with van der Waals surface area (Å²) in [5, 5.41) is 3.29. The van der Waals surface area contributed by atoms with E-state index < -0.39 is 0 Å². The van der Waals surface area contributed by atoms with Crippen LogP contribution in [0.2, 0.25) is 0 Å². The van der Waals surface area contributed by atoms with Crippen LogP contribution in [0.4, 0.5) is 11.5 Å². The maximum absolute atomic E-state index is 5.29. The van der Waals surface area contributed by atoms with Crippen LogP contribution in [0.25, 0.3) is 11.2 Å². The first-order valence-corrected chi connectivity index (χ1v) is 7.35. The van der Waals surface area contributed by atoms with E-state index in [0.29, 0.717) is 23.0 Å². The molecule has 0 aliphatic rings. The smallest absolute Gasteiger partial charge is 0.180 e. The molecule has 0 unspecified atom stereocenters. The predicted octanol–water partition coefficient (Wildman–Crippen LogP) is 3.35. The Morgan fingerprint density at radius 3 is 2.43 bits per heavy atom. The van der Waals surface area contributed by atoms with Gasteiger partial charge < -0.3 is 14.8 Å². The third-order valence-corrected chi connectivity index (χ3v) is 3.46. The Hall–Kier alpha value is -2.89. The molecular formula is C17H18N4O2. The normalized spacial score (nSPS) is 10.6. The molecule has 0 fully saturated rings. The minimum Gasteiger partial charge on any atom is -0.497 e. The van der Waals surface area contributed by atoms with Gasteiger partial charge in [-0.1, -0.05) is 6.92 Å². The summed E-state index contributed by atoms with van der Waals surface area (Å²) in [7, 11) is 3.24. The molecular weight excluding hydrogens is 292 g/mol. The van der Waals surface area contributed by atoms with Gasteiger partial charge in [-0.2, -0.15) is 0 Å². The van der Waals surface area contributed by atoms with Gasteiger partial charge in [0.25, 0.3) is 0 Å². The van der Waals surface area contributed by atoms with E-state index in [1.165, 1.54) is 0 Å². The molecule has 0 aliphatic carbocycles. The molecule has 2 heterocycles. The lowest BCUT2D eigenvalue weighted by Crippen LogP contribution is -2.03. The molecule has 0 spiro atoms. The Kier molecular flexibility index (Phi) is 4.23. The summed E-state index contributed by atoms with van der Waals surface area (Å²) in [4.78, 5) is 13.5. The molecule has 2 aromatic heterocycles. The highest BCUT2D eigenvalue weighted by atomic mass is 16.5. The molecule has 0 radical (unpaired) electrons. The quantitative estimate of drug-likeness (QED) is 0.779. The van der Waals surface area contributed by atoms with E-state index in [0.717, 1.165) is 23.3 Å². The monoisotopic (exact) mass is 310 g/mol. The SMILES string of the molecule is CCc1nc2cccnc2nc1Nc1cc(OC)cc(OC)c1. The van der Waals surface area contributed by atoms with Gasteiger partial charge in [-0.3, -0.25) is 0 Å². The number of methoxy groups -OCH3 is 2. The first-order chi connectivity index (χ1) is 11.2. The lowest BCUT2D eigenvalue weighted by molar-refractivity contribution is 0.395. The first kappa shape index (κ1) is 15.0. The number of pyridine rings is 1. The van der Waals surface area contributed by atoms with Crippen LogP contribution in [0.1, 0.15) is 12.6 Å². The summed E-state index contributed by atoms with van der Waals surface area (Å²) in [5.41, 5.74) is 3.10. The minimum absolute atomic E-state index is 0.613. The van der Waals surface area contributed by atoms with Crippen molar-refractivity contribution < 1.29 is 9.47 Å². The molecule has 0 saturated carbocycles. The number of hydrogen-bond acceptors (Lipinski definition) is 6. The highest BCUT2D eigenvalue weighted by Gasteiger charge is 2.10. The molecule has 1 N–H and O–H groups in total. The van der Waals surface area contributed by atoms with Gasteiger partial charge in [0.1, 0.15) is 17.0 Å². The summed E-state index contributed by atoms with van der Waals surface area (Å²) < 4.78 is 10.6. The molecule has 1 aromatic carbocycles. The van der Waals surface area contributed by atoms with Crippen molar-refractivity contribution in [1.29, 1.82) is 0 Å². The second kappa shape index (κ2) is 6.48. The fourth-order valence-corrected chi connectivity index (χ4v) is 2.29. The van der Waals surface area contributed by atoms with Gasteiger partial charge in [0, 0.05) is 30.1 Å². The summed E-state index contributed by atoms with van der Waals surface area (Å²) in [6.07, 6.45) is 2.47. The van der Waals surface area contributed by atoms with E-state index in [2.05, 4.69) is 20.3 Å². The van der Waals surface area contributed by atoms with Crippen molar-refractivity contribution in [1.82, 2.24) is 15.0 Å². The van der Waals surface area contributed by atoms with E-state index in [1.54, 1.807) is 20.4 Å². The zero-order valence-electron chi connectivity index (χ0n) is 13.3. The number of hydrogen-bond donors (Lipinski definition) is 1. The van der Waals surface area contributed by atoms with Gasteiger partial charge in [0.15, 0.2) is 11.5 Å². The number of nitrogens with zero attached hydrogens (tertiary/aromatic N) is 3. The lowest BCUT2D eigenvalue weighted by Gasteiger charge is -2.12. The Balaban J connectivity index is 2.03. The van der Waals surface area contributed by atoms with Crippen molar-refractivity contribution in [2.24, 2.45) is 0 Å². The molecule has 3 aromatic rings. The summed E-state index contributed by atoms with van der Waals surface area (Å²) >= 11 is 0. The average Bonchev–Trinajstić information content (AvgIpc) is 2.60. The minimum atomic E-state index is 0.613. The van der Waals surface area contributed by atoms with Crippen LogP contribution in [-0.2, 0) is 6.42 Å². The molecule has 0 amide bonds. The molecule has 6 heteroatoms. The second-order valence-corrected chi connectivity index (χ2v) is 4.94. The lowest BCUT2D eigenvalue weighted by atomic mass is 10.2. The molecule has 0 bridgehead atoms. The van der Waals surface area contributed by atoms with Crippen LogP contribution < -0.4 is 14.8 Å². The van der Waals surface area contributed by atoms with Crippen LogP contribution in [-0.4, -0.2) is 29.2 Å². The van der Waals surface area contributed by atoms with Crippen molar-refractivity contribution >= 4 is 22.7 Å². The van der Waals surface area contributed by atoms with Crippen LogP contribution in [0.15, 0.2) is 36.5 Å². The number of ether oxygens (including phenoxy) is 2. The number of rotatable bonds is 5. The number of fused-ring (bicyclic) bond motifs is 1. The highest BCUT2D eigenvalue weighted by Crippen LogP contribution is 2.28. The Morgan fingerprint density at radius 2 is 1.78 bits per heavy atom. The first-order valence-electron chi connectivity index (χ1n) is 7.35. The largest absolute Gasteiger partial charge is 0.497 e. The topological polar surface area (TPSA) is 69.2 Å². The fraction of sp³-hybridized carbons (Fsp3) is 0.235. The summed E-state index contributed by atoms with van der Waals surface area (Å²) in [6, 6.07) is 9.35.